The molecule has 112 valence electrons. The SMILES string of the molecule is N#Cc1cc(CN2CCCC(CCC(=O)O)C2)ccc1F. The lowest BCUT2D eigenvalue weighted by molar-refractivity contribution is -0.137. The largest absolute Gasteiger partial charge is 0.481 e. The lowest BCUT2D eigenvalue weighted by Gasteiger charge is -2.32. The molecule has 2 rings (SSSR count). The van der Waals surface area contributed by atoms with Gasteiger partial charge in [-0.1, -0.05) is 6.07 Å². The van der Waals surface area contributed by atoms with Crippen molar-refractivity contribution in [2.24, 2.45) is 5.92 Å². The second kappa shape index (κ2) is 7.19. The van der Waals surface area contributed by atoms with E-state index >= 15 is 0 Å². The summed E-state index contributed by atoms with van der Waals surface area (Å²) in [5, 5.41) is 17.6. The minimum atomic E-state index is -0.746. The molecule has 4 nitrogen and oxygen atoms in total. The average molecular weight is 290 g/mol. The first-order valence-corrected chi connectivity index (χ1v) is 7.21. The molecule has 1 fully saturated rings. The van der Waals surface area contributed by atoms with Crippen LogP contribution in [-0.4, -0.2) is 29.1 Å². The molecule has 0 bridgehead atoms. The van der Waals surface area contributed by atoms with Crippen LogP contribution in [0.25, 0.3) is 0 Å². The Morgan fingerprint density at radius 2 is 2.33 bits per heavy atom. The number of benzene rings is 1. The van der Waals surface area contributed by atoms with Gasteiger partial charge in [-0.2, -0.15) is 5.26 Å². The molecule has 1 aliphatic rings. The average Bonchev–Trinajstić information content (AvgIpc) is 2.47. The van der Waals surface area contributed by atoms with Crippen LogP contribution in [0.3, 0.4) is 0 Å². The van der Waals surface area contributed by atoms with Gasteiger partial charge in [0, 0.05) is 19.5 Å². The van der Waals surface area contributed by atoms with Gasteiger partial charge >= 0.3 is 5.97 Å². The first-order valence-electron chi connectivity index (χ1n) is 7.21. The number of rotatable bonds is 5. The van der Waals surface area contributed by atoms with Gasteiger partial charge in [0.25, 0.3) is 0 Å². The van der Waals surface area contributed by atoms with Crippen LogP contribution in [0.5, 0.6) is 0 Å². The van der Waals surface area contributed by atoms with E-state index in [2.05, 4.69) is 4.90 Å². The second-order valence-electron chi connectivity index (χ2n) is 5.60. The number of piperidine rings is 1. The molecule has 0 amide bonds. The molecule has 1 aromatic rings. The number of carboxylic acid groups (broad SMARTS) is 1. The molecule has 1 N–H and O–H groups in total. The van der Waals surface area contributed by atoms with Crippen LogP contribution < -0.4 is 0 Å². The maximum Gasteiger partial charge on any atom is 0.303 e. The van der Waals surface area contributed by atoms with Gasteiger partial charge in [0.1, 0.15) is 11.9 Å². The molecule has 1 aliphatic heterocycles. The van der Waals surface area contributed by atoms with E-state index in [0.29, 0.717) is 18.9 Å². The Labute approximate surface area is 123 Å². The number of likely N-dealkylation sites (tertiary alicyclic amines) is 1. The molecular weight excluding hydrogens is 271 g/mol. The third-order valence-corrected chi connectivity index (χ3v) is 3.93. The molecule has 5 heteroatoms. The molecule has 0 aliphatic carbocycles. The number of halogens is 1. The number of nitriles is 1. The highest BCUT2D eigenvalue weighted by molar-refractivity contribution is 5.66. The summed E-state index contributed by atoms with van der Waals surface area (Å²) >= 11 is 0. The predicted molar refractivity (Wildman–Crippen MR) is 76.0 cm³/mol. The zero-order chi connectivity index (χ0) is 15.2. The first-order chi connectivity index (χ1) is 10.1. The maximum absolute atomic E-state index is 13.3. The van der Waals surface area contributed by atoms with Gasteiger partial charge < -0.3 is 5.11 Å². The number of carboxylic acids is 1. The van der Waals surface area contributed by atoms with Gasteiger partial charge in [-0.3, -0.25) is 9.69 Å². The van der Waals surface area contributed by atoms with Crippen LogP contribution in [0.2, 0.25) is 0 Å². The Balaban J connectivity index is 1.93. The summed E-state index contributed by atoms with van der Waals surface area (Å²) in [5.41, 5.74) is 0.999. The highest BCUT2D eigenvalue weighted by Crippen LogP contribution is 2.23. The fourth-order valence-electron chi connectivity index (χ4n) is 2.87. The number of carbonyl (C=O) groups is 1. The van der Waals surface area contributed by atoms with Gasteiger partial charge in [0.15, 0.2) is 0 Å². The van der Waals surface area contributed by atoms with Crippen molar-refractivity contribution in [1.82, 2.24) is 4.90 Å². The third-order valence-electron chi connectivity index (χ3n) is 3.93. The summed E-state index contributed by atoms with van der Waals surface area (Å²) in [6.45, 7) is 2.51. The van der Waals surface area contributed by atoms with Gasteiger partial charge in [-0.15, -0.1) is 0 Å². The van der Waals surface area contributed by atoms with Crippen molar-refractivity contribution >= 4 is 5.97 Å². The molecule has 1 saturated heterocycles. The summed E-state index contributed by atoms with van der Waals surface area (Å²) in [7, 11) is 0. The van der Waals surface area contributed by atoms with E-state index in [1.807, 2.05) is 6.07 Å². The highest BCUT2D eigenvalue weighted by atomic mass is 19.1. The molecule has 1 aromatic carbocycles. The number of hydrogen-bond acceptors (Lipinski definition) is 3. The van der Waals surface area contributed by atoms with E-state index in [1.165, 1.54) is 6.07 Å². The van der Waals surface area contributed by atoms with E-state index in [9.17, 15) is 9.18 Å². The first kappa shape index (κ1) is 15.5. The normalized spacial score (nSPS) is 19.1. The smallest absolute Gasteiger partial charge is 0.303 e. The van der Waals surface area contributed by atoms with Crippen LogP contribution in [0.4, 0.5) is 4.39 Å². The topological polar surface area (TPSA) is 64.3 Å². The molecule has 1 unspecified atom stereocenters. The van der Waals surface area contributed by atoms with E-state index in [-0.39, 0.29) is 12.0 Å². The summed E-state index contributed by atoms with van der Waals surface area (Å²) < 4.78 is 13.3. The van der Waals surface area contributed by atoms with Gasteiger partial charge in [-0.25, -0.2) is 4.39 Å². The van der Waals surface area contributed by atoms with Crippen molar-refractivity contribution in [3.63, 3.8) is 0 Å². The van der Waals surface area contributed by atoms with E-state index in [4.69, 9.17) is 10.4 Å². The van der Waals surface area contributed by atoms with Crippen molar-refractivity contribution in [2.75, 3.05) is 13.1 Å². The Bertz CT molecular complexity index is 554. The summed E-state index contributed by atoms with van der Waals surface area (Å²) in [4.78, 5) is 12.9. The Morgan fingerprint density at radius 3 is 3.05 bits per heavy atom. The third kappa shape index (κ3) is 4.54. The van der Waals surface area contributed by atoms with E-state index in [1.54, 1.807) is 12.1 Å². The van der Waals surface area contributed by atoms with Gasteiger partial charge in [-0.05, 0) is 49.4 Å². The van der Waals surface area contributed by atoms with Crippen LogP contribution >= 0.6 is 0 Å². The van der Waals surface area contributed by atoms with Crippen molar-refractivity contribution < 1.29 is 14.3 Å². The molecule has 1 atom stereocenters. The quantitative estimate of drug-likeness (QED) is 0.905. The summed E-state index contributed by atoms with van der Waals surface area (Å²) in [6, 6.07) is 6.49. The Morgan fingerprint density at radius 1 is 1.52 bits per heavy atom. The van der Waals surface area contributed by atoms with Crippen LogP contribution in [0, 0.1) is 23.1 Å². The van der Waals surface area contributed by atoms with E-state index < -0.39 is 11.8 Å². The number of aliphatic carboxylic acids is 1. The minimum Gasteiger partial charge on any atom is -0.481 e. The van der Waals surface area contributed by atoms with Gasteiger partial charge in [0.2, 0.25) is 0 Å². The maximum atomic E-state index is 13.3. The molecule has 0 aromatic heterocycles. The molecule has 0 radical (unpaired) electrons. The van der Waals surface area contributed by atoms with Gasteiger partial charge in [0.05, 0.1) is 5.56 Å². The fourth-order valence-corrected chi connectivity index (χ4v) is 2.87. The zero-order valence-electron chi connectivity index (χ0n) is 11.9. The van der Waals surface area contributed by atoms with Crippen molar-refractivity contribution in [3.8, 4) is 6.07 Å². The predicted octanol–water partition coefficient (Wildman–Crippen LogP) is 2.77. The molecule has 0 spiro atoms. The van der Waals surface area contributed by atoms with E-state index in [0.717, 1.165) is 31.5 Å². The van der Waals surface area contributed by atoms with Crippen LogP contribution in [0.1, 0.15) is 36.8 Å². The monoisotopic (exact) mass is 290 g/mol. The lowest BCUT2D eigenvalue weighted by Crippen LogP contribution is -2.35. The lowest BCUT2D eigenvalue weighted by atomic mass is 9.93. The van der Waals surface area contributed by atoms with Crippen LogP contribution in [-0.2, 0) is 11.3 Å². The number of hydrogen-bond donors (Lipinski definition) is 1. The second-order valence-corrected chi connectivity index (χ2v) is 5.60. The minimum absolute atomic E-state index is 0.0759. The highest BCUT2D eigenvalue weighted by Gasteiger charge is 2.20. The molecule has 21 heavy (non-hydrogen) atoms. The van der Waals surface area contributed by atoms with Crippen molar-refractivity contribution in [2.45, 2.75) is 32.2 Å². The van der Waals surface area contributed by atoms with Crippen molar-refractivity contribution in [1.29, 1.82) is 5.26 Å². The summed E-state index contributed by atoms with van der Waals surface area (Å²) in [6.07, 6.45) is 3.04. The molecule has 0 saturated carbocycles. The van der Waals surface area contributed by atoms with Crippen LogP contribution in [0.15, 0.2) is 18.2 Å². The number of nitrogens with zero attached hydrogens (tertiary/aromatic N) is 2. The Kier molecular flexibility index (Phi) is 5.29. The molecule has 1 heterocycles. The fraction of sp³-hybridized carbons (Fsp3) is 0.500. The van der Waals surface area contributed by atoms with Crippen molar-refractivity contribution in [3.05, 3.63) is 35.1 Å². The molecular formula is C16H19FN2O2. The standard InChI is InChI=1S/C16H19FN2O2/c17-15-5-3-13(8-14(15)9-18)11-19-7-1-2-12(10-19)4-6-16(20)21/h3,5,8,12H,1-2,4,6-7,10-11H2,(H,20,21). The zero-order valence-corrected chi connectivity index (χ0v) is 11.9. The summed E-state index contributed by atoms with van der Waals surface area (Å²) in [5.74, 6) is -0.825. The Hall–Kier alpha value is -1.93.